The van der Waals surface area contributed by atoms with Crippen LogP contribution in [0.3, 0.4) is 0 Å². The number of carbonyl (C=O) groups excluding carboxylic acids is 1. The summed E-state index contributed by atoms with van der Waals surface area (Å²) in [5.41, 5.74) is 7.99. The van der Waals surface area contributed by atoms with Crippen LogP contribution in [0.2, 0.25) is 0 Å². The second-order valence-corrected chi connectivity index (χ2v) is 6.51. The molecule has 24 heavy (non-hydrogen) atoms. The van der Waals surface area contributed by atoms with Crippen molar-refractivity contribution in [3.63, 3.8) is 0 Å². The number of amides is 1. The number of carbonyl (C=O) groups is 1. The molecule has 4 nitrogen and oxygen atoms in total. The number of hydrogen-bond donors (Lipinski definition) is 2. The van der Waals surface area contributed by atoms with Crippen LogP contribution in [-0.4, -0.2) is 11.9 Å². The third-order valence-electron chi connectivity index (χ3n) is 4.49. The van der Waals surface area contributed by atoms with Crippen LogP contribution in [-0.2, 0) is 11.3 Å². The van der Waals surface area contributed by atoms with Crippen LogP contribution in [0.15, 0.2) is 48.5 Å². The van der Waals surface area contributed by atoms with Gasteiger partial charge in [0.25, 0.3) is 0 Å². The van der Waals surface area contributed by atoms with Gasteiger partial charge in [0, 0.05) is 24.1 Å². The molecule has 0 radical (unpaired) electrons. The maximum Gasteiger partial charge on any atom is 0.223 e. The number of rotatable bonds is 5. The second kappa shape index (κ2) is 7.49. The predicted octanol–water partition coefficient (Wildman–Crippen LogP) is 3.53. The van der Waals surface area contributed by atoms with E-state index in [1.807, 2.05) is 55.5 Å². The average molecular weight is 324 g/mol. The van der Waals surface area contributed by atoms with Crippen LogP contribution in [0.4, 0.5) is 0 Å². The minimum absolute atomic E-state index is 0.0453. The molecule has 1 saturated carbocycles. The molecule has 1 aliphatic carbocycles. The van der Waals surface area contributed by atoms with Gasteiger partial charge in [-0.15, -0.1) is 0 Å². The van der Waals surface area contributed by atoms with Gasteiger partial charge in [0.05, 0.1) is 0 Å². The normalized spacial score (nSPS) is 19.9. The van der Waals surface area contributed by atoms with Crippen LogP contribution in [0.25, 0.3) is 0 Å². The summed E-state index contributed by atoms with van der Waals surface area (Å²) in [5, 5.41) is 3.03. The zero-order valence-electron chi connectivity index (χ0n) is 14.0. The number of nitrogens with one attached hydrogen (secondary N) is 1. The van der Waals surface area contributed by atoms with Crippen molar-refractivity contribution in [2.45, 2.75) is 38.8 Å². The molecule has 0 heterocycles. The monoisotopic (exact) mass is 324 g/mol. The summed E-state index contributed by atoms with van der Waals surface area (Å²) < 4.78 is 5.99. The minimum atomic E-state index is 0.0453. The topological polar surface area (TPSA) is 64.4 Å². The lowest BCUT2D eigenvalue weighted by atomic mass is 10.1. The number of aryl methyl sites for hydroxylation is 1. The Kier molecular flexibility index (Phi) is 5.16. The minimum Gasteiger partial charge on any atom is -0.457 e. The van der Waals surface area contributed by atoms with Crippen LogP contribution >= 0.6 is 0 Å². The summed E-state index contributed by atoms with van der Waals surface area (Å²) in [6, 6.07) is 15.9. The predicted molar refractivity (Wildman–Crippen MR) is 94.9 cm³/mol. The maximum absolute atomic E-state index is 12.3. The van der Waals surface area contributed by atoms with Crippen molar-refractivity contribution >= 4 is 5.91 Å². The van der Waals surface area contributed by atoms with E-state index >= 15 is 0 Å². The molecule has 1 aliphatic rings. The Bertz CT molecular complexity index is 700. The highest BCUT2D eigenvalue weighted by molar-refractivity contribution is 5.79. The largest absolute Gasteiger partial charge is 0.457 e. The summed E-state index contributed by atoms with van der Waals surface area (Å²) in [4.78, 5) is 12.3. The summed E-state index contributed by atoms with van der Waals surface area (Å²) in [5.74, 6) is 1.71. The Balaban J connectivity index is 1.67. The summed E-state index contributed by atoms with van der Waals surface area (Å²) in [7, 11) is 0. The number of para-hydroxylation sites is 1. The van der Waals surface area contributed by atoms with Crippen molar-refractivity contribution in [2.24, 2.45) is 11.7 Å². The highest BCUT2D eigenvalue weighted by Gasteiger charge is 2.27. The van der Waals surface area contributed by atoms with E-state index in [2.05, 4.69) is 5.32 Å². The third kappa shape index (κ3) is 4.15. The van der Waals surface area contributed by atoms with Gasteiger partial charge in [0.15, 0.2) is 0 Å². The Labute approximate surface area is 143 Å². The van der Waals surface area contributed by atoms with Crippen molar-refractivity contribution < 1.29 is 9.53 Å². The molecule has 2 aromatic carbocycles. The summed E-state index contributed by atoms with van der Waals surface area (Å²) in [6.45, 7) is 2.49. The van der Waals surface area contributed by atoms with E-state index in [-0.39, 0.29) is 17.9 Å². The Morgan fingerprint density at radius 1 is 1.21 bits per heavy atom. The van der Waals surface area contributed by atoms with Gasteiger partial charge in [-0.1, -0.05) is 30.3 Å². The lowest BCUT2D eigenvalue weighted by molar-refractivity contribution is -0.125. The molecule has 0 aromatic heterocycles. The quantitative estimate of drug-likeness (QED) is 0.884. The van der Waals surface area contributed by atoms with Crippen LogP contribution in [0.5, 0.6) is 11.5 Å². The zero-order valence-corrected chi connectivity index (χ0v) is 14.0. The summed E-state index contributed by atoms with van der Waals surface area (Å²) in [6.07, 6.45) is 2.60. The molecule has 3 N–H and O–H groups in total. The fourth-order valence-electron chi connectivity index (χ4n) is 3.10. The fourth-order valence-corrected chi connectivity index (χ4v) is 3.10. The van der Waals surface area contributed by atoms with Gasteiger partial charge in [0.1, 0.15) is 11.5 Å². The van der Waals surface area contributed by atoms with E-state index in [1.54, 1.807) is 0 Å². The second-order valence-electron chi connectivity index (χ2n) is 6.51. The SMILES string of the molecule is Cc1ccc(CNC(=O)C2CCC(N)C2)c(Oc2ccccc2)c1. The molecule has 0 saturated heterocycles. The van der Waals surface area contributed by atoms with E-state index in [4.69, 9.17) is 10.5 Å². The van der Waals surface area contributed by atoms with Crippen molar-refractivity contribution in [1.29, 1.82) is 0 Å². The molecule has 1 fully saturated rings. The van der Waals surface area contributed by atoms with Crippen LogP contribution < -0.4 is 15.8 Å². The van der Waals surface area contributed by atoms with E-state index in [0.717, 1.165) is 41.9 Å². The lowest BCUT2D eigenvalue weighted by Crippen LogP contribution is -2.30. The Morgan fingerprint density at radius 2 is 2.00 bits per heavy atom. The van der Waals surface area contributed by atoms with E-state index in [9.17, 15) is 4.79 Å². The molecule has 0 bridgehead atoms. The molecule has 2 unspecified atom stereocenters. The molecule has 4 heteroatoms. The van der Waals surface area contributed by atoms with Crippen LogP contribution in [0, 0.1) is 12.8 Å². The molecular weight excluding hydrogens is 300 g/mol. The van der Waals surface area contributed by atoms with Gasteiger partial charge in [0.2, 0.25) is 5.91 Å². The third-order valence-corrected chi connectivity index (χ3v) is 4.49. The first-order valence-electron chi connectivity index (χ1n) is 8.47. The van der Waals surface area contributed by atoms with Crippen molar-refractivity contribution in [2.75, 3.05) is 0 Å². The van der Waals surface area contributed by atoms with E-state index in [0.29, 0.717) is 6.54 Å². The van der Waals surface area contributed by atoms with Gasteiger partial charge in [-0.3, -0.25) is 4.79 Å². The fraction of sp³-hybridized carbons (Fsp3) is 0.350. The first-order valence-corrected chi connectivity index (χ1v) is 8.47. The van der Waals surface area contributed by atoms with Crippen LogP contribution in [0.1, 0.15) is 30.4 Å². The summed E-state index contributed by atoms with van der Waals surface area (Å²) >= 11 is 0. The zero-order chi connectivity index (χ0) is 16.9. The molecule has 3 rings (SSSR count). The molecule has 2 aromatic rings. The first-order chi connectivity index (χ1) is 11.6. The van der Waals surface area contributed by atoms with E-state index < -0.39 is 0 Å². The highest BCUT2D eigenvalue weighted by atomic mass is 16.5. The highest BCUT2D eigenvalue weighted by Crippen LogP contribution is 2.27. The Hall–Kier alpha value is -2.33. The van der Waals surface area contributed by atoms with Crippen molar-refractivity contribution in [3.8, 4) is 11.5 Å². The van der Waals surface area contributed by atoms with Crippen molar-refractivity contribution in [3.05, 3.63) is 59.7 Å². The molecule has 0 spiro atoms. The van der Waals surface area contributed by atoms with Gasteiger partial charge in [-0.05, 0) is 49.9 Å². The smallest absolute Gasteiger partial charge is 0.223 e. The molecular formula is C20H24N2O2. The number of benzene rings is 2. The van der Waals surface area contributed by atoms with Gasteiger partial charge < -0.3 is 15.8 Å². The Morgan fingerprint density at radius 3 is 2.71 bits per heavy atom. The van der Waals surface area contributed by atoms with E-state index in [1.165, 1.54) is 0 Å². The molecule has 126 valence electrons. The van der Waals surface area contributed by atoms with Gasteiger partial charge in [-0.2, -0.15) is 0 Å². The lowest BCUT2D eigenvalue weighted by Gasteiger charge is -2.15. The first kappa shape index (κ1) is 16.5. The number of hydrogen-bond acceptors (Lipinski definition) is 3. The maximum atomic E-state index is 12.3. The average Bonchev–Trinajstić information content (AvgIpc) is 3.01. The van der Waals surface area contributed by atoms with Crippen molar-refractivity contribution in [1.82, 2.24) is 5.32 Å². The number of ether oxygens (including phenoxy) is 1. The van der Waals surface area contributed by atoms with Gasteiger partial charge >= 0.3 is 0 Å². The molecule has 1 amide bonds. The van der Waals surface area contributed by atoms with Gasteiger partial charge in [-0.25, -0.2) is 0 Å². The number of nitrogens with two attached hydrogens (primary N) is 1. The molecule has 0 aliphatic heterocycles. The molecule has 2 atom stereocenters. The standard InChI is InChI=1S/C20H24N2O2/c1-14-7-8-16(13-22-20(23)15-9-10-17(21)12-15)19(11-14)24-18-5-3-2-4-6-18/h2-8,11,15,17H,9-10,12-13,21H2,1H3,(H,22,23).